The molecule has 0 atom stereocenters. The number of pyridine rings is 1. The average Bonchev–Trinajstić information content (AvgIpc) is 2.46. The number of hydrogen-bond donors (Lipinski definition) is 1. The van der Waals surface area contributed by atoms with Gasteiger partial charge in [0.05, 0.1) is 0 Å². The van der Waals surface area contributed by atoms with Crippen molar-refractivity contribution in [1.29, 1.82) is 0 Å². The molecule has 0 unspecified atom stereocenters. The Bertz CT molecular complexity index is 523. The van der Waals surface area contributed by atoms with Gasteiger partial charge in [-0.15, -0.1) is 0 Å². The number of nitrogens with zero attached hydrogens (tertiary/aromatic N) is 2. The molecule has 1 N–H and O–H groups in total. The molecule has 1 aromatic carbocycles. The summed E-state index contributed by atoms with van der Waals surface area (Å²) in [4.78, 5) is 6.74. The maximum absolute atomic E-state index is 4.54. The molecular weight excluding hydrogens is 246 g/mol. The predicted octanol–water partition coefficient (Wildman–Crippen LogP) is 3.22. The van der Waals surface area contributed by atoms with Crippen LogP contribution >= 0.6 is 0 Å². The molecule has 1 heterocycles. The second-order valence-corrected chi connectivity index (χ2v) is 5.36. The lowest BCUT2D eigenvalue weighted by Crippen LogP contribution is -2.25. The zero-order chi connectivity index (χ0) is 14.4. The van der Waals surface area contributed by atoms with Crippen LogP contribution in [-0.2, 0) is 13.1 Å². The summed E-state index contributed by atoms with van der Waals surface area (Å²) in [5, 5.41) is 3.45. The molecule has 0 aliphatic rings. The second kappa shape index (κ2) is 7.06. The van der Waals surface area contributed by atoms with Gasteiger partial charge in [-0.2, -0.15) is 0 Å². The first-order valence-electron chi connectivity index (χ1n) is 7.09. The molecule has 3 heteroatoms. The highest BCUT2D eigenvalue weighted by Crippen LogP contribution is 2.18. The Morgan fingerprint density at radius 2 is 1.85 bits per heavy atom. The zero-order valence-electron chi connectivity index (χ0n) is 12.5. The minimum Gasteiger partial charge on any atom is -0.355 e. The van der Waals surface area contributed by atoms with E-state index in [0.29, 0.717) is 6.04 Å². The molecule has 20 heavy (non-hydrogen) atoms. The zero-order valence-corrected chi connectivity index (χ0v) is 12.5. The summed E-state index contributed by atoms with van der Waals surface area (Å²) in [6.07, 6.45) is 1.86. The number of hydrogen-bond acceptors (Lipinski definition) is 3. The largest absolute Gasteiger partial charge is 0.355 e. The fourth-order valence-corrected chi connectivity index (χ4v) is 2.16. The van der Waals surface area contributed by atoms with Gasteiger partial charge in [-0.1, -0.05) is 50.2 Å². The Morgan fingerprint density at radius 3 is 2.55 bits per heavy atom. The standard InChI is InChI=1S/C17H23N3/c1-14(2)19-12-16-10-7-11-18-17(16)20(3)13-15-8-5-4-6-9-15/h4-11,14,19H,12-13H2,1-3H3. The Labute approximate surface area is 121 Å². The first-order valence-corrected chi connectivity index (χ1v) is 7.09. The number of rotatable bonds is 6. The second-order valence-electron chi connectivity index (χ2n) is 5.36. The molecule has 0 saturated heterocycles. The SMILES string of the molecule is CC(C)NCc1cccnc1N(C)Cc1ccccc1. The van der Waals surface area contributed by atoms with E-state index in [-0.39, 0.29) is 0 Å². The van der Waals surface area contributed by atoms with Crippen LogP contribution in [0.5, 0.6) is 0 Å². The van der Waals surface area contributed by atoms with E-state index < -0.39 is 0 Å². The van der Waals surface area contributed by atoms with Crippen molar-refractivity contribution in [1.82, 2.24) is 10.3 Å². The predicted molar refractivity (Wildman–Crippen MR) is 84.8 cm³/mol. The number of nitrogens with one attached hydrogen (secondary N) is 1. The maximum Gasteiger partial charge on any atom is 0.133 e. The van der Waals surface area contributed by atoms with Crippen molar-refractivity contribution in [2.24, 2.45) is 0 Å². The van der Waals surface area contributed by atoms with Crippen molar-refractivity contribution in [2.45, 2.75) is 33.0 Å². The van der Waals surface area contributed by atoms with Crippen LogP contribution in [0.2, 0.25) is 0 Å². The summed E-state index contributed by atoms with van der Waals surface area (Å²) in [7, 11) is 2.09. The molecule has 0 spiro atoms. The van der Waals surface area contributed by atoms with Crippen molar-refractivity contribution in [3.8, 4) is 0 Å². The molecule has 0 amide bonds. The van der Waals surface area contributed by atoms with Crippen molar-refractivity contribution >= 4 is 5.82 Å². The molecule has 0 aliphatic carbocycles. The summed E-state index contributed by atoms with van der Waals surface area (Å²) in [5.74, 6) is 1.05. The Morgan fingerprint density at radius 1 is 1.10 bits per heavy atom. The molecule has 0 saturated carbocycles. The fourth-order valence-electron chi connectivity index (χ4n) is 2.16. The van der Waals surface area contributed by atoms with Gasteiger partial charge in [0.25, 0.3) is 0 Å². The summed E-state index contributed by atoms with van der Waals surface area (Å²) in [6, 6.07) is 15.1. The summed E-state index contributed by atoms with van der Waals surface area (Å²) in [5.41, 5.74) is 2.53. The van der Waals surface area contributed by atoms with Crippen LogP contribution < -0.4 is 10.2 Å². The van der Waals surface area contributed by atoms with Crippen molar-refractivity contribution in [3.63, 3.8) is 0 Å². The normalized spacial score (nSPS) is 10.8. The van der Waals surface area contributed by atoms with E-state index in [4.69, 9.17) is 0 Å². The quantitative estimate of drug-likeness (QED) is 0.872. The van der Waals surface area contributed by atoms with E-state index in [2.05, 4.69) is 66.4 Å². The first kappa shape index (κ1) is 14.5. The van der Waals surface area contributed by atoms with Gasteiger partial charge < -0.3 is 10.2 Å². The van der Waals surface area contributed by atoms with Crippen LogP contribution in [0, 0.1) is 0 Å². The molecule has 3 nitrogen and oxygen atoms in total. The van der Waals surface area contributed by atoms with E-state index in [1.807, 2.05) is 18.3 Å². The van der Waals surface area contributed by atoms with Gasteiger partial charge in [0, 0.05) is 37.9 Å². The molecule has 2 rings (SSSR count). The number of aromatic nitrogens is 1. The lowest BCUT2D eigenvalue weighted by Gasteiger charge is -2.22. The van der Waals surface area contributed by atoms with Gasteiger partial charge in [0.2, 0.25) is 0 Å². The monoisotopic (exact) mass is 269 g/mol. The molecule has 1 aromatic heterocycles. The molecule has 0 radical (unpaired) electrons. The third-order valence-electron chi connectivity index (χ3n) is 3.19. The van der Waals surface area contributed by atoms with Crippen LogP contribution in [0.25, 0.3) is 0 Å². The van der Waals surface area contributed by atoms with Crippen LogP contribution in [0.4, 0.5) is 5.82 Å². The van der Waals surface area contributed by atoms with Crippen molar-refractivity contribution in [2.75, 3.05) is 11.9 Å². The van der Waals surface area contributed by atoms with E-state index in [1.54, 1.807) is 0 Å². The molecule has 106 valence electrons. The Kier molecular flexibility index (Phi) is 5.13. The topological polar surface area (TPSA) is 28.2 Å². The van der Waals surface area contributed by atoms with Gasteiger partial charge >= 0.3 is 0 Å². The molecule has 0 fully saturated rings. The van der Waals surface area contributed by atoms with Gasteiger partial charge in [0.1, 0.15) is 5.82 Å². The Hall–Kier alpha value is -1.87. The van der Waals surface area contributed by atoms with Crippen LogP contribution in [-0.4, -0.2) is 18.1 Å². The lowest BCUT2D eigenvalue weighted by molar-refractivity contribution is 0.587. The Balaban J connectivity index is 2.11. The van der Waals surface area contributed by atoms with Gasteiger partial charge in [-0.3, -0.25) is 0 Å². The number of anilines is 1. The average molecular weight is 269 g/mol. The summed E-state index contributed by atoms with van der Waals surface area (Å²) >= 11 is 0. The van der Waals surface area contributed by atoms with Gasteiger partial charge in [-0.05, 0) is 11.6 Å². The summed E-state index contributed by atoms with van der Waals surface area (Å²) < 4.78 is 0. The maximum atomic E-state index is 4.54. The highest BCUT2D eigenvalue weighted by Gasteiger charge is 2.09. The highest BCUT2D eigenvalue weighted by atomic mass is 15.2. The van der Waals surface area contributed by atoms with Crippen molar-refractivity contribution in [3.05, 3.63) is 59.8 Å². The number of benzene rings is 1. The van der Waals surface area contributed by atoms with Crippen molar-refractivity contribution < 1.29 is 0 Å². The van der Waals surface area contributed by atoms with Crippen LogP contribution in [0.15, 0.2) is 48.7 Å². The van der Waals surface area contributed by atoms with E-state index in [1.165, 1.54) is 11.1 Å². The van der Waals surface area contributed by atoms with Crippen LogP contribution in [0.1, 0.15) is 25.0 Å². The van der Waals surface area contributed by atoms with Gasteiger partial charge in [0.15, 0.2) is 0 Å². The van der Waals surface area contributed by atoms with E-state index in [9.17, 15) is 0 Å². The molecule has 0 bridgehead atoms. The third kappa shape index (κ3) is 4.07. The minimum absolute atomic E-state index is 0.475. The first-order chi connectivity index (χ1) is 9.66. The minimum atomic E-state index is 0.475. The fraction of sp³-hybridized carbons (Fsp3) is 0.353. The molecule has 2 aromatic rings. The highest BCUT2D eigenvalue weighted by molar-refractivity contribution is 5.46. The molecular formula is C17H23N3. The van der Waals surface area contributed by atoms with Gasteiger partial charge in [-0.25, -0.2) is 4.98 Å². The molecule has 0 aliphatic heterocycles. The third-order valence-corrected chi connectivity index (χ3v) is 3.19. The summed E-state index contributed by atoms with van der Waals surface area (Å²) in [6.45, 7) is 6.03. The van der Waals surface area contributed by atoms with E-state index in [0.717, 1.165) is 18.9 Å². The van der Waals surface area contributed by atoms with E-state index >= 15 is 0 Å². The lowest BCUT2D eigenvalue weighted by atomic mass is 10.2. The smallest absolute Gasteiger partial charge is 0.133 e. The van der Waals surface area contributed by atoms with Crippen LogP contribution in [0.3, 0.4) is 0 Å².